The highest BCUT2D eigenvalue weighted by atomic mass is 16.5. The van der Waals surface area contributed by atoms with Crippen LogP contribution in [0, 0.1) is 6.92 Å². The normalized spacial score (nSPS) is 11.7. The fraction of sp³-hybridized carbons (Fsp3) is 0.192. The number of carbonyl (C=O) groups excluding carboxylic acids is 2. The number of aryl methyl sites for hydroxylation is 1. The third-order valence-electron chi connectivity index (χ3n) is 5.35. The van der Waals surface area contributed by atoms with Crippen molar-refractivity contribution >= 4 is 28.5 Å². The van der Waals surface area contributed by atoms with Gasteiger partial charge in [0, 0.05) is 17.3 Å². The summed E-state index contributed by atoms with van der Waals surface area (Å²) in [6.07, 6.45) is 0. The van der Waals surface area contributed by atoms with Crippen molar-refractivity contribution in [3.05, 3.63) is 89.7 Å². The van der Waals surface area contributed by atoms with E-state index in [-0.39, 0.29) is 18.4 Å². The summed E-state index contributed by atoms with van der Waals surface area (Å²) in [5, 5.41) is 5.91. The van der Waals surface area contributed by atoms with Gasteiger partial charge in [-0.1, -0.05) is 35.9 Å². The third kappa shape index (κ3) is 5.03. The zero-order chi connectivity index (χ0) is 23.4. The van der Waals surface area contributed by atoms with E-state index in [1.807, 2.05) is 73.0 Å². The van der Waals surface area contributed by atoms with Crippen LogP contribution in [0.2, 0.25) is 0 Å². The van der Waals surface area contributed by atoms with Gasteiger partial charge in [0.2, 0.25) is 5.91 Å². The summed E-state index contributed by atoms with van der Waals surface area (Å²) in [6.45, 7) is 3.86. The van der Waals surface area contributed by atoms with E-state index in [4.69, 9.17) is 9.72 Å². The highest BCUT2D eigenvalue weighted by Gasteiger charge is 2.20. The summed E-state index contributed by atoms with van der Waals surface area (Å²) in [5.41, 5.74) is 3.83. The Balaban J connectivity index is 1.58. The molecule has 168 valence electrons. The Morgan fingerprint density at radius 1 is 1.03 bits per heavy atom. The SMILES string of the molecule is COc1cccc(NC(=O)Cn2c(C(C)NC(=O)c3cccc(C)c3)nc3ccccc32)c1. The van der Waals surface area contributed by atoms with E-state index >= 15 is 0 Å². The van der Waals surface area contributed by atoms with Gasteiger partial charge in [0.15, 0.2) is 0 Å². The van der Waals surface area contributed by atoms with Gasteiger partial charge in [-0.15, -0.1) is 0 Å². The fourth-order valence-corrected chi connectivity index (χ4v) is 3.77. The molecule has 1 unspecified atom stereocenters. The Bertz CT molecular complexity index is 1310. The van der Waals surface area contributed by atoms with Crippen LogP contribution in [0.4, 0.5) is 5.69 Å². The van der Waals surface area contributed by atoms with Gasteiger partial charge in [-0.25, -0.2) is 4.98 Å². The molecule has 2 N–H and O–H groups in total. The molecule has 0 aliphatic rings. The molecule has 0 radical (unpaired) electrons. The molecule has 4 rings (SSSR count). The number of hydrogen-bond acceptors (Lipinski definition) is 4. The maximum atomic E-state index is 12.9. The largest absolute Gasteiger partial charge is 0.497 e. The lowest BCUT2D eigenvalue weighted by atomic mass is 10.1. The Kier molecular flexibility index (Phi) is 6.40. The molecule has 0 spiro atoms. The number of nitrogens with zero attached hydrogens (tertiary/aromatic N) is 2. The quantitative estimate of drug-likeness (QED) is 0.442. The molecular formula is C26H26N4O3. The van der Waals surface area contributed by atoms with Crippen molar-refractivity contribution in [2.45, 2.75) is 26.4 Å². The number of carbonyl (C=O) groups is 2. The number of methoxy groups -OCH3 is 1. The Labute approximate surface area is 192 Å². The molecule has 0 saturated heterocycles. The van der Waals surface area contributed by atoms with Gasteiger partial charge in [0.25, 0.3) is 5.91 Å². The molecule has 2 amide bonds. The number of hydrogen-bond donors (Lipinski definition) is 2. The van der Waals surface area contributed by atoms with Crippen molar-refractivity contribution in [2.24, 2.45) is 0 Å². The first-order chi connectivity index (χ1) is 15.9. The molecule has 0 aliphatic carbocycles. The van der Waals surface area contributed by atoms with E-state index in [1.165, 1.54) is 0 Å². The minimum absolute atomic E-state index is 0.0533. The summed E-state index contributed by atoms with van der Waals surface area (Å²) in [7, 11) is 1.58. The average Bonchev–Trinajstić information content (AvgIpc) is 3.17. The molecule has 0 fully saturated rings. The monoisotopic (exact) mass is 442 g/mol. The molecule has 1 aromatic heterocycles. The zero-order valence-electron chi connectivity index (χ0n) is 18.8. The van der Waals surface area contributed by atoms with Crippen LogP contribution in [0.15, 0.2) is 72.8 Å². The minimum atomic E-state index is -0.407. The second kappa shape index (κ2) is 9.56. The van der Waals surface area contributed by atoms with Gasteiger partial charge < -0.3 is 19.9 Å². The molecular weight excluding hydrogens is 416 g/mol. The molecule has 4 aromatic rings. The smallest absolute Gasteiger partial charge is 0.251 e. The van der Waals surface area contributed by atoms with Gasteiger partial charge in [0.05, 0.1) is 24.2 Å². The summed E-state index contributed by atoms with van der Waals surface area (Å²) in [4.78, 5) is 30.4. The molecule has 33 heavy (non-hydrogen) atoms. The van der Waals surface area contributed by atoms with Crippen LogP contribution in [-0.2, 0) is 11.3 Å². The average molecular weight is 443 g/mol. The van der Waals surface area contributed by atoms with E-state index in [1.54, 1.807) is 25.3 Å². The number of benzene rings is 3. The van der Waals surface area contributed by atoms with E-state index in [0.717, 1.165) is 16.6 Å². The highest BCUT2D eigenvalue weighted by Crippen LogP contribution is 2.22. The van der Waals surface area contributed by atoms with Gasteiger partial charge in [-0.3, -0.25) is 9.59 Å². The fourth-order valence-electron chi connectivity index (χ4n) is 3.77. The van der Waals surface area contributed by atoms with Crippen LogP contribution in [-0.4, -0.2) is 28.5 Å². The summed E-state index contributed by atoms with van der Waals surface area (Å²) in [5.74, 6) is 0.877. The number of aromatic nitrogens is 2. The number of nitrogens with one attached hydrogen (secondary N) is 2. The van der Waals surface area contributed by atoms with Crippen LogP contribution in [0.25, 0.3) is 11.0 Å². The minimum Gasteiger partial charge on any atom is -0.497 e. The summed E-state index contributed by atoms with van der Waals surface area (Å²) >= 11 is 0. The lowest BCUT2D eigenvalue weighted by Gasteiger charge is -2.17. The molecule has 3 aromatic carbocycles. The lowest BCUT2D eigenvalue weighted by molar-refractivity contribution is -0.116. The second-order valence-corrected chi connectivity index (χ2v) is 7.89. The molecule has 0 saturated carbocycles. The van der Waals surface area contributed by atoms with Crippen molar-refractivity contribution in [2.75, 3.05) is 12.4 Å². The van der Waals surface area contributed by atoms with Gasteiger partial charge in [0.1, 0.15) is 18.1 Å². The van der Waals surface area contributed by atoms with Crippen molar-refractivity contribution < 1.29 is 14.3 Å². The molecule has 7 nitrogen and oxygen atoms in total. The van der Waals surface area contributed by atoms with E-state index < -0.39 is 6.04 Å². The van der Waals surface area contributed by atoms with Gasteiger partial charge in [-0.05, 0) is 50.2 Å². The number of imidazole rings is 1. The van der Waals surface area contributed by atoms with E-state index in [9.17, 15) is 9.59 Å². The second-order valence-electron chi connectivity index (χ2n) is 7.89. The maximum Gasteiger partial charge on any atom is 0.251 e. The standard InChI is InChI=1S/C26H26N4O3/c1-17-8-6-9-19(14-17)26(32)27-18(2)25-29-22-12-4-5-13-23(22)30(25)16-24(31)28-20-10-7-11-21(15-20)33-3/h4-15,18H,16H2,1-3H3,(H,27,32)(H,28,31). The predicted molar refractivity (Wildman–Crippen MR) is 128 cm³/mol. The summed E-state index contributed by atoms with van der Waals surface area (Å²) in [6, 6.07) is 21.8. The molecule has 1 atom stereocenters. The van der Waals surface area contributed by atoms with E-state index in [0.29, 0.717) is 22.8 Å². The Morgan fingerprint density at radius 3 is 2.61 bits per heavy atom. The van der Waals surface area contributed by atoms with Crippen molar-refractivity contribution in [1.82, 2.24) is 14.9 Å². The van der Waals surface area contributed by atoms with Crippen LogP contribution in [0.3, 0.4) is 0 Å². The number of para-hydroxylation sites is 2. The zero-order valence-corrected chi connectivity index (χ0v) is 18.8. The van der Waals surface area contributed by atoms with Crippen molar-refractivity contribution in [1.29, 1.82) is 0 Å². The number of fused-ring (bicyclic) bond motifs is 1. The highest BCUT2D eigenvalue weighted by molar-refractivity contribution is 5.95. The molecule has 7 heteroatoms. The number of anilines is 1. The first kappa shape index (κ1) is 22.1. The third-order valence-corrected chi connectivity index (χ3v) is 5.35. The van der Waals surface area contributed by atoms with Gasteiger partial charge >= 0.3 is 0 Å². The number of rotatable bonds is 7. The Morgan fingerprint density at radius 2 is 1.82 bits per heavy atom. The molecule has 0 bridgehead atoms. The topological polar surface area (TPSA) is 85.2 Å². The van der Waals surface area contributed by atoms with Crippen LogP contribution < -0.4 is 15.4 Å². The van der Waals surface area contributed by atoms with Crippen LogP contribution in [0.1, 0.15) is 34.7 Å². The molecule has 0 aliphatic heterocycles. The Hall–Kier alpha value is -4.13. The van der Waals surface area contributed by atoms with Crippen LogP contribution >= 0.6 is 0 Å². The lowest BCUT2D eigenvalue weighted by Crippen LogP contribution is -2.30. The van der Waals surface area contributed by atoms with Crippen molar-refractivity contribution in [3.8, 4) is 5.75 Å². The molecule has 1 heterocycles. The first-order valence-corrected chi connectivity index (χ1v) is 10.7. The summed E-state index contributed by atoms with van der Waals surface area (Å²) < 4.78 is 7.06. The van der Waals surface area contributed by atoms with Crippen LogP contribution in [0.5, 0.6) is 5.75 Å². The number of ether oxygens (including phenoxy) is 1. The predicted octanol–water partition coefficient (Wildman–Crippen LogP) is 4.48. The van der Waals surface area contributed by atoms with Gasteiger partial charge in [-0.2, -0.15) is 0 Å². The van der Waals surface area contributed by atoms with Crippen molar-refractivity contribution in [3.63, 3.8) is 0 Å². The number of amides is 2. The maximum absolute atomic E-state index is 12.9. The first-order valence-electron chi connectivity index (χ1n) is 10.7. The van der Waals surface area contributed by atoms with E-state index in [2.05, 4.69) is 10.6 Å².